The maximum Gasteiger partial charge on any atom is 0.209 e. The number of aliphatic imine (C=N–C) groups is 1. The van der Waals surface area contributed by atoms with E-state index in [1.54, 1.807) is 12.3 Å². The molecule has 0 fully saturated rings. The van der Waals surface area contributed by atoms with Gasteiger partial charge < -0.3 is 5.32 Å². The Labute approximate surface area is 69.4 Å². The summed E-state index contributed by atoms with van der Waals surface area (Å²) < 4.78 is 12.8. The van der Waals surface area contributed by atoms with E-state index in [9.17, 15) is 4.39 Å². The van der Waals surface area contributed by atoms with E-state index >= 15 is 0 Å². The first kappa shape index (κ1) is 7.03. The van der Waals surface area contributed by atoms with E-state index in [1.807, 2.05) is 18.2 Å². The number of fused-ring (bicyclic) bond motifs is 1. The SMILES string of the molecule is FC1=CN=Cc2ccccc2N1. The third-order valence-corrected chi connectivity index (χ3v) is 1.62. The van der Waals surface area contributed by atoms with Gasteiger partial charge in [-0.05, 0) is 6.07 Å². The molecule has 1 aromatic rings. The van der Waals surface area contributed by atoms with Crippen LogP contribution in [-0.2, 0) is 0 Å². The molecule has 1 aromatic carbocycles. The molecule has 2 rings (SSSR count). The molecule has 1 aliphatic heterocycles. The third kappa shape index (κ3) is 1.21. The van der Waals surface area contributed by atoms with Crippen molar-refractivity contribution in [1.29, 1.82) is 0 Å². The summed E-state index contributed by atoms with van der Waals surface area (Å²) in [6.07, 6.45) is 2.77. The van der Waals surface area contributed by atoms with E-state index in [1.165, 1.54) is 0 Å². The molecule has 0 spiro atoms. The summed E-state index contributed by atoms with van der Waals surface area (Å²) in [5.74, 6) is -0.434. The summed E-state index contributed by atoms with van der Waals surface area (Å²) in [6.45, 7) is 0. The summed E-state index contributed by atoms with van der Waals surface area (Å²) in [5.41, 5.74) is 1.63. The number of hydrogen-bond donors (Lipinski definition) is 1. The van der Waals surface area contributed by atoms with Crippen LogP contribution in [-0.4, -0.2) is 6.21 Å². The van der Waals surface area contributed by atoms with Crippen molar-refractivity contribution in [3.05, 3.63) is 42.0 Å². The lowest BCUT2D eigenvalue weighted by molar-refractivity contribution is 0.644. The van der Waals surface area contributed by atoms with Crippen molar-refractivity contribution in [1.82, 2.24) is 0 Å². The van der Waals surface area contributed by atoms with E-state index in [-0.39, 0.29) is 0 Å². The number of nitrogens with zero attached hydrogens (tertiary/aromatic N) is 1. The van der Waals surface area contributed by atoms with Gasteiger partial charge in [-0.1, -0.05) is 18.2 Å². The number of rotatable bonds is 0. The lowest BCUT2D eigenvalue weighted by Crippen LogP contribution is -1.95. The zero-order valence-electron chi connectivity index (χ0n) is 6.29. The molecule has 0 unspecified atom stereocenters. The first-order valence-corrected chi connectivity index (χ1v) is 3.61. The van der Waals surface area contributed by atoms with Gasteiger partial charge >= 0.3 is 0 Å². The van der Waals surface area contributed by atoms with Crippen LogP contribution in [0.5, 0.6) is 0 Å². The Morgan fingerprint density at radius 2 is 2.08 bits per heavy atom. The van der Waals surface area contributed by atoms with Crippen molar-refractivity contribution in [3.63, 3.8) is 0 Å². The average molecular weight is 162 g/mol. The van der Waals surface area contributed by atoms with Gasteiger partial charge in [0, 0.05) is 17.5 Å². The van der Waals surface area contributed by atoms with Crippen molar-refractivity contribution >= 4 is 11.9 Å². The summed E-state index contributed by atoms with van der Waals surface area (Å²) in [7, 11) is 0. The van der Waals surface area contributed by atoms with E-state index in [4.69, 9.17) is 0 Å². The highest BCUT2D eigenvalue weighted by atomic mass is 19.1. The molecule has 0 amide bonds. The normalized spacial score (nSPS) is 14.2. The highest BCUT2D eigenvalue weighted by Gasteiger charge is 2.03. The summed E-state index contributed by atoms with van der Waals surface area (Å²) >= 11 is 0. The minimum Gasteiger partial charge on any atom is -0.330 e. The Kier molecular flexibility index (Phi) is 1.63. The molecule has 1 N–H and O–H groups in total. The first-order chi connectivity index (χ1) is 5.86. The van der Waals surface area contributed by atoms with Crippen molar-refractivity contribution in [2.45, 2.75) is 0 Å². The minimum atomic E-state index is -0.434. The Morgan fingerprint density at radius 3 is 3.00 bits per heavy atom. The van der Waals surface area contributed by atoms with E-state index in [2.05, 4.69) is 10.3 Å². The van der Waals surface area contributed by atoms with E-state index in [0.29, 0.717) is 0 Å². The first-order valence-electron chi connectivity index (χ1n) is 3.61. The maximum atomic E-state index is 12.8. The monoisotopic (exact) mass is 162 g/mol. The van der Waals surface area contributed by atoms with Gasteiger partial charge in [-0.3, -0.25) is 4.99 Å². The van der Waals surface area contributed by atoms with Crippen LogP contribution in [0.3, 0.4) is 0 Å². The largest absolute Gasteiger partial charge is 0.330 e. The van der Waals surface area contributed by atoms with Crippen LogP contribution < -0.4 is 5.32 Å². The number of anilines is 1. The van der Waals surface area contributed by atoms with Gasteiger partial charge in [0.25, 0.3) is 0 Å². The fourth-order valence-electron chi connectivity index (χ4n) is 1.07. The molecule has 12 heavy (non-hydrogen) atoms. The molecule has 0 bridgehead atoms. The predicted molar refractivity (Wildman–Crippen MR) is 46.8 cm³/mol. The second kappa shape index (κ2) is 2.77. The van der Waals surface area contributed by atoms with E-state index < -0.39 is 5.95 Å². The second-order valence-electron chi connectivity index (χ2n) is 2.47. The lowest BCUT2D eigenvalue weighted by Gasteiger charge is -2.03. The maximum absolute atomic E-state index is 12.8. The Bertz CT molecular complexity index is 355. The number of nitrogens with one attached hydrogen (secondary N) is 1. The lowest BCUT2D eigenvalue weighted by atomic mass is 10.2. The zero-order chi connectivity index (χ0) is 8.39. The summed E-state index contributed by atoms with van der Waals surface area (Å²) in [5, 5.41) is 2.59. The molecule has 0 radical (unpaired) electrons. The molecular weight excluding hydrogens is 155 g/mol. The third-order valence-electron chi connectivity index (χ3n) is 1.62. The van der Waals surface area contributed by atoms with Crippen molar-refractivity contribution in [2.75, 3.05) is 5.32 Å². The second-order valence-corrected chi connectivity index (χ2v) is 2.47. The van der Waals surface area contributed by atoms with Gasteiger partial charge in [0.1, 0.15) is 0 Å². The van der Waals surface area contributed by atoms with Crippen LogP contribution in [0.1, 0.15) is 5.56 Å². The summed E-state index contributed by atoms with van der Waals surface area (Å²) in [6, 6.07) is 7.41. The van der Waals surface area contributed by atoms with Crippen molar-refractivity contribution in [2.24, 2.45) is 4.99 Å². The predicted octanol–water partition coefficient (Wildman–Crippen LogP) is 2.30. The molecule has 0 saturated heterocycles. The Morgan fingerprint density at radius 1 is 1.25 bits per heavy atom. The highest BCUT2D eigenvalue weighted by molar-refractivity contribution is 5.89. The molecule has 3 heteroatoms. The fraction of sp³-hybridized carbons (Fsp3) is 0. The molecular formula is C9H7FN2. The van der Waals surface area contributed by atoms with Gasteiger partial charge in [0.2, 0.25) is 5.95 Å². The van der Waals surface area contributed by atoms with Gasteiger partial charge in [0.05, 0.1) is 6.20 Å². The van der Waals surface area contributed by atoms with Crippen LogP contribution in [0.15, 0.2) is 41.4 Å². The topological polar surface area (TPSA) is 24.4 Å². The molecule has 0 aromatic heterocycles. The van der Waals surface area contributed by atoms with Crippen molar-refractivity contribution < 1.29 is 4.39 Å². The van der Waals surface area contributed by atoms with Crippen LogP contribution in [0, 0.1) is 0 Å². The molecule has 1 heterocycles. The molecule has 0 saturated carbocycles. The Hall–Kier alpha value is -1.64. The minimum absolute atomic E-state index is 0.434. The average Bonchev–Trinajstić information content (AvgIpc) is 2.25. The van der Waals surface area contributed by atoms with Gasteiger partial charge in [-0.25, -0.2) is 0 Å². The quantitative estimate of drug-likeness (QED) is 0.581. The molecule has 0 aliphatic carbocycles. The van der Waals surface area contributed by atoms with E-state index in [0.717, 1.165) is 17.5 Å². The van der Waals surface area contributed by atoms with Gasteiger partial charge in [0.15, 0.2) is 0 Å². The zero-order valence-corrected chi connectivity index (χ0v) is 6.29. The molecule has 0 atom stereocenters. The fourth-order valence-corrected chi connectivity index (χ4v) is 1.07. The van der Waals surface area contributed by atoms with Crippen LogP contribution in [0.4, 0.5) is 10.1 Å². The Balaban J connectivity index is 2.49. The van der Waals surface area contributed by atoms with Crippen LogP contribution >= 0.6 is 0 Å². The number of benzene rings is 1. The molecule has 60 valence electrons. The number of halogens is 1. The number of hydrogen-bond acceptors (Lipinski definition) is 2. The van der Waals surface area contributed by atoms with Gasteiger partial charge in [-0.2, -0.15) is 4.39 Å². The standard InChI is InChI=1S/C9H7FN2/c10-9-6-11-5-7-3-1-2-4-8(7)12-9/h1-6,12H. The van der Waals surface area contributed by atoms with Gasteiger partial charge in [-0.15, -0.1) is 0 Å². The summed E-state index contributed by atoms with van der Waals surface area (Å²) in [4.78, 5) is 3.77. The number of para-hydroxylation sites is 1. The van der Waals surface area contributed by atoms with Crippen molar-refractivity contribution in [3.8, 4) is 0 Å². The smallest absolute Gasteiger partial charge is 0.209 e. The highest BCUT2D eigenvalue weighted by Crippen LogP contribution is 2.17. The van der Waals surface area contributed by atoms with Crippen LogP contribution in [0.2, 0.25) is 0 Å². The molecule has 1 aliphatic rings. The van der Waals surface area contributed by atoms with Crippen LogP contribution in [0.25, 0.3) is 0 Å². The molecule has 2 nitrogen and oxygen atoms in total.